The van der Waals surface area contributed by atoms with Gasteiger partial charge in [-0.05, 0) is 32.3 Å². The molecule has 1 aliphatic carbocycles. The Morgan fingerprint density at radius 1 is 1.38 bits per heavy atom. The zero-order chi connectivity index (χ0) is 24.0. The highest BCUT2D eigenvalue weighted by molar-refractivity contribution is 5.87. The van der Waals surface area contributed by atoms with E-state index in [1.165, 1.54) is 12.3 Å². The molecule has 1 aliphatic heterocycles. The molecule has 34 heavy (non-hydrogen) atoms. The van der Waals surface area contributed by atoms with Crippen molar-refractivity contribution in [2.75, 3.05) is 36.9 Å². The molecule has 2 fully saturated rings. The number of rotatable bonds is 7. The standard InChI is InChI=1S/C23H26FN7O3/c1-13-19-16(22(32)31(25)23(33)30(19)15-3-4-15)11-17(24)20(13)29-9-5-14(12-29)18(27-7-6-26-2)21-28-8-10-34-21/h8,10-11,14-15,18,27H,3-7,9,12,25H2,1H3. The predicted molar refractivity (Wildman–Crippen MR) is 125 cm³/mol. The van der Waals surface area contributed by atoms with Gasteiger partial charge in [-0.3, -0.25) is 14.7 Å². The SMILES string of the molecule is [C-]#[N+]CCNC(c1ncco1)C1CCN(c2c(F)cc3c(=O)n(N)c(=O)n(C4CC4)c3c2C)C1. The van der Waals surface area contributed by atoms with Crippen molar-refractivity contribution in [3.05, 3.63) is 68.1 Å². The summed E-state index contributed by atoms with van der Waals surface area (Å²) in [7, 11) is 0. The zero-order valence-corrected chi connectivity index (χ0v) is 18.8. The molecule has 3 aromatic rings. The van der Waals surface area contributed by atoms with E-state index in [2.05, 4.69) is 15.1 Å². The van der Waals surface area contributed by atoms with Gasteiger partial charge in [0.2, 0.25) is 12.4 Å². The zero-order valence-electron chi connectivity index (χ0n) is 18.8. The first kappa shape index (κ1) is 22.2. The van der Waals surface area contributed by atoms with Crippen LogP contribution in [0.25, 0.3) is 15.7 Å². The van der Waals surface area contributed by atoms with Gasteiger partial charge in [-0.25, -0.2) is 20.7 Å². The molecule has 2 aliphatic rings. The number of hydrogen-bond donors (Lipinski definition) is 2. The van der Waals surface area contributed by atoms with Crippen molar-refractivity contribution in [2.24, 2.45) is 5.92 Å². The lowest BCUT2D eigenvalue weighted by molar-refractivity contribution is 0.319. The Labute approximate surface area is 194 Å². The molecule has 0 bridgehead atoms. The summed E-state index contributed by atoms with van der Waals surface area (Å²) in [5.74, 6) is 5.82. The number of benzene rings is 1. The molecule has 5 rings (SSSR count). The monoisotopic (exact) mass is 467 g/mol. The Morgan fingerprint density at radius 3 is 2.85 bits per heavy atom. The number of hydrogen-bond acceptors (Lipinski definition) is 7. The number of anilines is 1. The van der Waals surface area contributed by atoms with Gasteiger partial charge in [0.1, 0.15) is 12.1 Å². The van der Waals surface area contributed by atoms with Gasteiger partial charge in [0.25, 0.3) is 5.56 Å². The third-order valence-corrected chi connectivity index (χ3v) is 6.79. The molecule has 0 spiro atoms. The first-order valence-electron chi connectivity index (χ1n) is 11.4. The van der Waals surface area contributed by atoms with Gasteiger partial charge in [-0.15, -0.1) is 0 Å². The maximum absolute atomic E-state index is 15.4. The van der Waals surface area contributed by atoms with Crippen molar-refractivity contribution < 1.29 is 8.81 Å². The van der Waals surface area contributed by atoms with Gasteiger partial charge in [0.15, 0.2) is 0 Å². The fraction of sp³-hybridized carbons (Fsp3) is 0.478. The molecule has 3 heterocycles. The van der Waals surface area contributed by atoms with Crippen LogP contribution in [0.3, 0.4) is 0 Å². The number of oxazole rings is 1. The van der Waals surface area contributed by atoms with Crippen molar-refractivity contribution in [2.45, 2.75) is 38.3 Å². The van der Waals surface area contributed by atoms with E-state index >= 15 is 4.39 Å². The summed E-state index contributed by atoms with van der Waals surface area (Å²) < 4.78 is 23.1. The van der Waals surface area contributed by atoms with Crippen LogP contribution in [0, 0.1) is 25.2 Å². The highest BCUT2D eigenvalue weighted by Gasteiger charge is 2.36. The van der Waals surface area contributed by atoms with Gasteiger partial charge in [0, 0.05) is 30.6 Å². The van der Waals surface area contributed by atoms with Crippen molar-refractivity contribution in [3.8, 4) is 0 Å². The second-order valence-electron chi connectivity index (χ2n) is 8.97. The highest BCUT2D eigenvalue weighted by atomic mass is 19.1. The molecule has 1 saturated carbocycles. The number of nitrogens with one attached hydrogen (secondary N) is 1. The summed E-state index contributed by atoms with van der Waals surface area (Å²) in [5.41, 5.74) is 0.139. The van der Waals surface area contributed by atoms with Crippen LogP contribution in [0.2, 0.25) is 0 Å². The molecule has 0 radical (unpaired) electrons. The Hall–Kier alpha value is -3.65. The van der Waals surface area contributed by atoms with E-state index < -0.39 is 17.1 Å². The van der Waals surface area contributed by atoms with E-state index in [1.807, 2.05) is 4.90 Å². The van der Waals surface area contributed by atoms with Gasteiger partial charge in [-0.2, -0.15) is 4.68 Å². The van der Waals surface area contributed by atoms with E-state index in [1.54, 1.807) is 17.7 Å². The van der Waals surface area contributed by atoms with Crippen LogP contribution >= 0.6 is 0 Å². The van der Waals surface area contributed by atoms with E-state index in [9.17, 15) is 9.59 Å². The van der Waals surface area contributed by atoms with Crippen LogP contribution in [0.5, 0.6) is 0 Å². The Balaban J connectivity index is 1.53. The number of nitrogens with zero attached hydrogens (tertiary/aromatic N) is 5. The summed E-state index contributed by atoms with van der Waals surface area (Å²) >= 11 is 0. The lowest BCUT2D eigenvalue weighted by atomic mass is 9.98. The number of aromatic nitrogens is 3. The number of aryl methyl sites for hydroxylation is 1. The third-order valence-electron chi connectivity index (χ3n) is 6.79. The van der Waals surface area contributed by atoms with Crippen LogP contribution in [-0.4, -0.2) is 40.4 Å². The largest absolute Gasteiger partial charge is 0.447 e. The number of fused-ring (bicyclic) bond motifs is 1. The smallest absolute Gasteiger partial charge is 0.350 e. The van der Waals surface area contributed by atoms with Crippen LogP contribution in [0.15, 0.2) is 32.5 Å². The normalized spacial score (nSPS) is 19.0. The van der Waals surface area contributed by atoms with E-state index in [4.69, 9.17) is 16.8 Å². The molecular formula is C23H26FN7O3. The van der Waals surface area contributed by atoms with Gasteiger partial charge in [0.05, 0.1) is 35.4 Å². The maximum Gasteiger partial charge on any atom is 0.350 e. The van der Waals surface area contributed by atoms with Crippen molar-refractivity contribution >= 4 is 16.6 Å². The summed E-state index contributed by atoms with van der Waals surface area (Å²) in [6.45, 7) is 10.7. The van der Waals surface area contributed by atoms with E-state index in [0.717, 1.165) is 19.3 Å². The van der Waals surface area contributed by atoms with Crippen molar-refractivity contribution in [1.29, 1.82) is 0 Å². The summed E-state index contributed by atoms with van der Waals surface area (Å²) in [6.07, 6.45) is 5.49. The maximum atomic E-state index is 15.4. The van der Waals surface area contributed by atoms with Crippen LogP contribution in [0.1, 0.15) is 42.8 Å². The molecule has 10 nitrogen and oxygen atoms in total. The average Bonchev–Trinajstić information content (AvgIpc) is 3.29. The third kappa shape index (κ3) is 3.64. The molecule has 2 unspecified atom stereocenters. The first-order chi connectivity index (χ1) is 16.4. The molecule has 2 aromatic heterocycles. The minimum Gasteiger partial charge on any atom is -0.447 e. The topological polar surface area (TPSA) is 116 Å². The quantitative estimate of drug-likeness (QED) is 0.309. The summed E-state index contributed by atoms with van der Waals surface area (Å²) in [4.78, 5) is 35.1. The molecule has 1 aromatic carbocycles. The molecule has 11 heteroatoms. The fourth-order valence-electron chi connectivity index (χ4n) is 5.10. The predicted octanol–water partition coefficient (Wildman–Crippen LogP) is 1.72. The van der Waals surface area contributed by atoms with Crippen LogP contribution < -0.4 is 27.3 Å². The molecule has 3 N–H and O–H groups in total. The fourth-order valence-corrected chi connectivity index (χ4v) is 5.10. The molecule has 1 saturated heterocycles. The van der Waals surface area contributed by atoms with Gasteiger partial charge < -0.3 is 20.0 Å². The number of nitrogen functional groups attached to an aromatic ring is 1. The van der Waals surface area contributed by atoms with Crippen LogP contribution in [0.4, 0.5) is 10.1 Å². The molecule has 0 amide bonds. The summed E-state index contributed by atoms with van der Waals surface area (Å²) in [6, 6.07) is 0.962. The number of nitrogens with two attached hydrogens (primary N) is 1. The lowest BCUT2D eigenvalue weighted by Crippen LogP contribution is -2.44. The average molecular weight is 468 g/mol. The number of halogens is 1. The minimum atomic E-state index is -0.697. The molecular weight excluding hydrogens is 441 g/mol. The Kier molecular flexibility index (Phi) is 5.61. The molecule has 178 valence electrons. The van der Waals surface area contributed by atoms with E-state index in [0.29, 0.717) is 53.5 Å². The Morgan fingerprint density at radius 2 is 2.18 bits per heavy atom. The summed E-state index contributed by atoms with van der Waals surface area (Å²) in [5, 5.41) is 3.47. The second kappa shape index (κ2) is 8.61. The van der Waals surface area contributed by atoms with Crippen molar-refractivity contribution in [3.63, 3.8) is 0 Å². The van der Waals surface area contributed by atoms with E-state index in [-0.39, 0.29) is 23.4 Å². The Bertz CT molecular complexity index is 1390. The highest BCUT2D eigenvalue weighted by Crippen LogP contribution is 2.40. The first-order valence-corrected chi connectivity index (χ1v) is 11.4. The van der Waals surface area contributed by atoms with Crippen molar-refractivity contribution in [1.82, 2.24) is 19.5 Å². The lowest BCUT2D eigenvalue weighted by Gasteiger charge is -2.26. The second-order valence-corrected chi connectivity index (χ2v) is 8.97. The minimum absolute atomic E-state index is 0.0326. The molecule has 2 atom stereocenters. The van der Waals surface area contributed by atoms with Gasteiger partial charge >= 0.3 is 5.69 Å². The van der Waals surface area contributed by atoms with Gasteiger partial charge in [-0.1, -0.05) is 0 Å². The van der Waals surface area contributed by atoms with Crippen LogP contribution in [-0.2, 0) is 0 Å².